The first-order valence-corrected chi connectivity index (χ1v) is 7.68. The Morgan fingerprint density at radius 3 is 2.55 bits per heavy atom. The molecule has 0 radical (unpaired) electrons. The minimum absolute atomic E-state index is 0.412. The van der Waals surface area contributed by atoms with Crippen LogP contribution in [0.1, 0.15) is 5.56 Å². The second-order valence-corrected chi connectivity index (χ2v) is 5.87. The summed E-state index contributed by atoms with van der Waals surface area (Å²) in [5.74, 6) is 0.939. The maximum absolute atomic E-state index is 5.67. The lowest BCUT2D eigenvalue weighted by Crippen LogP contribution is -2.46. The first kappa shape index (κ1) is 13.3. The molecule has 0 unspecified atom stereocenters. The molecule has 2 N–H and O–H groups in total. The van der Waals surface area contributed by atoms with Crippen LogP contribution in [0.2, 0.25) is 0 Å². The number of thiocarbonyl (C=S) groups is 1. The molecular weight excluding hydrogens is 290 g/mol. The molecule has 1 saturated heterocycles. The number of pyridine rings is 1. The molecule has 5 nitrogen and oxygen atoms in total. The zero-order valence-electron chi connectivity index (χ0n) is 10.9. The van der Waals surface area contributed by atoms with Gasteiger partial charge in [-0.25, -0.2) is 9.97 Å². The van der Waals surface area contributed by atoms with Crippen molar-refractivity contribution in [3.05, 3.63) is 35.5 Å². The molecule has 3 heterocycles. The third-order valence-corrected chi connectivity index (χ3v) is 4.39. The molecule has 1 aliphatic heterocycles. The number of hydrogen-bond acceptors (Lipinski definition) is 6. The predicted molar refractivity (Wildman–Crippen MR) is 86.7 cm³/mol. The number of aromatic nitrogens is 2. The Morgan fingerprint density at radius 1 is 1.15 bits per heavy atom. The fourth-order valence-corrected chi connectivity index (χ4v) is 3.07. The normalized spacial score (nSPS) is 15.4. The quantitative estimate of drug-likeness (QED) is 0.867. The van der Waals surface area contributed by atoms with Gasteiger partial charge in [0.2, 0.25) is 0 Å². The van der Waals surface area contributed by atoms with Crippen LogP contribution in [-0.4, -0.2) is 41.1 Å². The van der Waals surface area contributed by atoms with Gasteiger partial charge in [0.15, 0.2) is 5.13 Å². The summed E-state index contributed by atoms with van der Waals surface area (Å²) in [5.41, 5.74) is 6.54. The topological polar surface area (TPSA) is 58.3 Å². The largest absolute Gasteiger partial charge is 0.389 e. The number of rotatable bonds is 3. The van der Waals surface area contributed by atoms with Crippen LogP contribution in [0.15, 0.2) is 29.9 Å². The molecule has 1 fully saturated rings. The molecule has 0 spiro atoms. The second kappa shape index (κ2) is 5.72. The van der Waals surface area contributed by atoms with Gasteiger partial charge in [-0.1, -0.05) is 12.2 Å². The molecule has 104 valence electrons. The molecule has 0 bridgehead atoms. The third-order valence-electron chi connectivity index (χ3n) is 3.32. The SMILES string of the molecule is NC(=S)c1ccnc(N2CCN(c3nccs3)CC2)c1. The summed E-state index contributed by atoms with van der Waals surface area (Å²) in [6.45, 7) is 3.75. The van der Waals surface area contributed by atoms with E-state index >= 15 is 0 Å². The highest BCUT2D eigenvalue weighted by Gasteiger charge is 2.19. The lowest BCUT2D eigenvalue weighted by Gasteiger charge is -2.35. The highest BCUT2D eigenvalue weighted by atomic mass is 32.1. The third kappa shape index (κ3) is 2.73. The van der Waals surface area contributed by atoms with Crippen molar-refractivity contribution in [1.29, 1.82) is 0 Å². The number of anilines is 2. The number of hydrogen-bond donors (Lipinski definition) is 1. The standard InChI is InChI=1S/C13H15N5S2/c14-12(19)10-1-2-15-11(9-10)17-4-6-18(7-5-17)13-16-3-8-20-13/h1-3,8-9H,4-7H2,(H2,14,19). The van der Waals surface area contributed by atoms with Gasteiger partial charge in [0.25, 0.3) is 0 Å². The molecule has 0 atom stereocenters. The minimum Gasteiger partial charge on any atom is -0.389 e. The van der Waals surface area contributed by atoms with Crippen LogP contribution in [-0.2, 0) is 0 Å². The van der Waals surface area contributed by atoms with E-state index in [4.69, 9.17) is 18.0 Å². The number of nitrogens with two attached hydrogens (primary N) is 1. The summed E-state index contributed by atoms with van der Waals surface area (Å²) in [6.07, 6.45) is 3.61. The van der Waals surface area contributed by atoms with E-state index in [1.165, 1.54) is 0 Å². The minimum atomic E-state index is 0.412. The maximum atomic E-state index is 5.67. The van der Waals surface area contributed by atoms with Crippen LogP contribution < -0.4 is 15.5 Å². The molecule has 20 heavy (non-hydrogen) atoms. The molecule has 0 aromatic carbocycles. The molecule has 7 heteroatoms. The number of nitrogens with zero attached hydrogens (tertiary/aromatic N) is 4. The van der Waals surface area contributed by atoms with Crippen LogP contribution in [0.5, 0.6) is 0 Å². The molecule has 2 aromatic heterocycles. The van der Waals surface area contributed by atoms with E-state index in [2.05, 4.69) is 19.8 Å². The Hall–Kier alpha value is -1.73. The zero-order chi connectivity index (χ0) is 13.9. The fourth-order valence-electron chi connectivity index (χ4n) is 2.24. The van der Waals surface area contributed by atoms with Crippen molar-refractivity contribution in [2.24, 2.45) is 5.73 Å². The monoisotopic (exact) mass is 305 g/mol. The Kier molecular flexibility index (Phi) is 3.79. The highest BCUT2D eigenvalue weighted by Crippen LogP contribution is 2.21. The maximum Gasteiger partial charge on any atom is 0.185 e. The molecule has 1 aliphatic rings. The van der Waals surface area contributed by atoms with E-state index in [0.29, 0.717) is 4.99 Å². The summed E-state index contributed by atoms with van der Waals surface area (Å²) in [5, 5.41) is 3.10. The molecule has 2 aromatic rings. The van der Waals surface area contributed by atoms with Crippen molar-refractivity contribution in [1.82, 2.24) is 9.97 Å². The van der Waals surface area contributed by atoms with Gasteiger partial charge in [-0.05, 0) is 12.1 Å². The lowest BCUT2D eigenvalue weighted by molar-refractivity contribution is 0.646. The van der Waals surface area contributed by atoms with Crippen LogP contribution in [0, 0.1) is 0 Å². The van der Waals surface area contributed by atoms with E-state index in [0.717, 1.165) is 42.7 Å². The molecule has 0 saturated carbocycles. The van der Waals surface area contributed by atoms with Crippen LogP contribution in [0.4, 0.5) is 10.9 Å². The van der Waals surface area contributed by atoms with E-state index in [-0.39, 0.29) is 0 Å². The Bertz CT molecular complexity index is 591. The van der Waals surface area contributed by atoms with Gasteiger partial charge in [-0.15, -0.1) is 11.3 Å². The van der Waals surface area contributed by atoms with Gasteiger partial charge in [0.1, 0.15) is 10.8 Å². The molecular formula is C13H15N5S2. The summed E-state index contributed by atoms with van der Waals surface area (Å²) >= 11 is 6.69. The van der Waals surface area contributed by atoms with E-state index in [9.17, 15) is 0 Å². The van der Waals surface area contributed by atoms with Crippen molar-refractivity contribution < 1.29 is 0 Å². The van der Waals surface area contributed by atoms with Crippen LogP contribution >= 0.6 is 23.6 Å². The van der Waals surface area contributed by atoms with Crippen molar-refractivity contribution in [3.8, 4) is 0 Å². The van der Waals surface area contributed by atoms with Gasteiger partial charge in [0, 0.05) is 49.5 Å². The van der Waals surface area contributed by atoms with Crippen LogP contribution in [0.3, 0.4) is 0 Å². The van der Waals surface area contributed by atoms with Crippen LogP contribution in [0.25, 0.3) is 0 Å². The molecule has 0 aliphatic carbocycles. The Balaban J connectivity index is 1.69. The number of piperazine rings is 1. The van der Waals surface area contributed by atoms with Gasteiger partial charge in [0.05, 0.1) is 0 Å². The first-order valence-electron chi connectivity index (χ1n) is 6.39. The summed E-state index contributed by atoms with van der Waals surface area (Å²) in [4.78, 5) is 13.7. The summed E-state index contributed by atoms with van der Waals surface area (Å²) in [6, 6.07) is 3.80. The predicted octanol–water partition coefficient (Wildman–Crippen LogP) is 1.50. The second-order valence-electron chi connectivity index (χ2n) is 4.56. The average Bonchev–Trinajstić information content (AvgIpc) is 3.02. The van der Waals surface area contributed by atoms with Gasteiger partial charge >= 0.3 is 0 Å². The highest BCUT2D eigenvalue weighted by molar-refractivity contribution is 7.80. The van der Waals surface area contributed by atoms with Crippen molar-refractivity contribution >= 4 is 39.5 Å². The summed E-state index contributed by atoms with van der Waals surface area (Å²) < 4.78 is 0. The van der Waals surface area contributed by atoms with Crippen molar-refractivity contribution in [2.75, 3.05) is 36.0 Å². The summed E-state index contributed by atoms with van der Waals surface area (Å²) in [7, 11) is 0. The van der Waals surface area contributed by atoms with E-state index in [1.54, 1.807) is 17.5 Å². The van der Waals surface area contributed by atoms with Gasteiger partial charge in [-0.3, -0.25) is 0 Å². The number of thiazole rings is 1. The zero-order valence-corrected chi connectivity index (χ0v) is 12.5. The van der Waals surface area contributed by atoms with Crippen molar-refractivity contribution in [2.45, 2.75) is 0 Å². The molecule has 3 rings (SSSR count). The smallest absolute Gasteiger partial charge is 0.185 e. The van der Waals surface area contributed by atoms with Gasteiger partial charge in [-0.2, -0.15) is 0 Å². The van der Waals surface area contributed by atoms with Gasteiger partial charge < -0.3 is 15.5 Å². The fraction of sp³-hybridized carbons (Fsp3) is 0.308. The first-order chi connectivity index (χ1) is 9.74. The Morgan fingerprint density at radius 2 is 1.90 bits per heavy atom. The van der Waals surface area contributed by atoms with Crippen molar-refractivity contribution in [3.63, 3.8) is 0 Å². The molecule has 0 amide bonds. The Labute approximate surface area is 127 Å². The van der Waals surface area contributed by atoms with E-state index < -0.39 is 0 Å². The van der Waals surface area contributed by atoms with E-state index in [1.807, 2.05) is 23.7 Å². The average molecular weight is 305 g/mol. The lowest BCUT2D eigenvalue weighted by atomic mass is 10.2.